The van der Waals surface area contributed by atoms with Crippen LogP contribution in [0.3, 0.4) is 0 Å². The predicted molar refractivity (Wildman–Crippen MR) is 89.9 cm³/mol. The Bertz CT molecular complexity index is 681. The SMILES string of the molecule is COC1OC(=O)N(c2ccc(C3=CCC4(CC3)OCCO4)nc2)C1C. The number of amides is 1. The van der Waals surface area contributed by atoms with Crippen molar-refractivity contribution in [1.82, 2.24) is 4.98 Å². The highest BCUT2D eigenvalue weighted by Crippen LogP contribution is 2.38. The summed E-state index contributed by atoms with van der Waals surface area (Å²) in [6, 6.07) is 3.64. The van der Waals surface area contributed by atoms with Gasteiger partial charge < -0.3 is 18.9 Å². The molecule has 134 valence electrons. The monoisotopic (exact) mass is 346 g/mol. The van der Waals surface area contributed by atoms with E-state index in [4.69, 9.17) is 18.9 Å². The zero-order valence-corrected chi connectivity index (χ0v) is 14.4. The minimum Gasteiger partial charge on any atom is -0.417 e. The summed E-state index contributed by atoms with van der Waals surface area (Å²) in [4.78, 5) is 18.1. The Labute approximate surface area is 146 Å². The van der Waals surface area contributed by atoms with E-state index in [0.29, 0.717) is 18.9 Å². The number of cyclic esters (lactones) is 1. The van der Waals surface area contributed by atoms with Crippen LogP contribution < -0.4 is 4.90 Å². The van der Waals surface area contributed by atoms with Crippen molar-refractivity contribution in [1.29, 1.82) is 0 Å². The predicted octanol–water partition coefficient (Wildman–Crippen LogP) is 2.71. The van der Waals surface area contributed by atoms with Crippen LogP contribution in [0.25, 0.3) is 5.57 Å². The lowest BCUT2D eigenvalue weighted by Crippen LogP contribution is -2.34. The summed E-state index contributed by atoms with van der Waals surface area (Å²) in [5.74, 6) is -0.423. The number of rotatable bonds is 3. The molecule has 2 aliphatic heterocycles. The molecule has 1 spiro atoms. The van der Waals surface area contributed by atoms with Gasteiger partial charge in [0.05, 0.1) is 30.8 Å². The highest BCUT2D eigenvalue weighted by atomic mass is 16.7. The third-order valence-electron chi connectivity index (χ3n) is 5.05. The Hall–Kier alpha value is -1.96. The molecule has 7 nitrogen and oxygen atoms in total. The molecule has 2 atom stereocenters. The lowest BCUT2D eigenvalue weighted by molar-refractivity contribution is -0.159. The molecule has 4 rings (SSSR count). The molecule has 1 amide bonds. The van der Waals surface area contributed by atoms with Gasteiger partial charge in [0.1, 0.15) is 6.04 Å². The van der Waals surface area contributed by atoms with E-state index in [1.165, 1.54) is 12.7 Å². The first-order valence-electron chi connectivity index (χ1n) is 8.58. The van der Waals surface area contributed by atoms with Gasteiger partial charge >= 0.3 is 6.09 Å². The number of nitrogens with zero attached hydrogens (tertiary/aromatic N) is 2. The number of ether oxygens (including phenoxy) is 4. The molecule has 1 aromatic rings. The smallest absolute Gasteiger partial charge is 0.417 e. The van der Waals surface area contributed by atoms with E-state index in [1.54, 1.807) is 11.1 Å². The second kappa shape index (κ2) is 6.40. The highest BCUT2D eigenvalue weighted by Gasteiger charge is 2.40. The van der Waals surface area contributed by atoms with Crippen molar-refractivity contribution < 1.29 is 23.7 Å². The van der Waals surface area contributed by atoms with Crippen molar-refractivity contribution in [2.75, 3.05) is 25.2 Å². The number of carbonyl (C=O) groups excluding carboxylic acids is 1. The molecule has 1 aromatic heterocycles. The van der Waals surface area contributed by atoms with Gasteiger partial charge in [-0.2, -0.15) is 0 Å². The maximum atomic E-state index is 12.0. The van der Waals surface area contributed by atoms with Crippen LogP contribution in [0.5, 0.6) is 0 Å². The third-order valence-corrected chi connectivity index (χ3v) is 5.05. The van der Waals surface area contributed by atoms with E-state index >= 15 is 0 Å². The zero-order valence-electron chi connectivity index (χ0n) is 14.4. The van der Waals surface area contributed by atoms with Gasteiger partial charge in [-0.25, -0.2) is 4.79 Å². The number of hydrogen-bond acceptors (Lipinski definition) is 6. The van der Waals surface area contributed by atoms with Crippen LogP contribution in [-0.2, 0) is 18.9 Å². The molecular weight excluding hydrogens is 324 g/mol. The van der Waals surface area contributed by atoms with Gasteiger partial charge in [-0.15, -0.1) is 0 Å². The first kappa shape index (κ1) is 16.5. The van der Waals surface area contributed by atoms with E-state index in [1.807, 2.05) is 19.1 Å². The van der Waals surface area contributed by atoms with Crippen molar-refractivity contribution in [2.45, 2.75) is 44.3 Å². The van der Waals surface area contributed by atoms with E-state index in [2.05, 4.69) is 11.1 Å². The summed E-state index contributed by atoms with van der Waals surface area (Å²) >= 11 is 0. The van der Waals surface area contributed by atoms with Gasteiger partial charge in [0.15, 0.2) is 5.79 Å². The first-order valence-corrected chi connectivity index (χ1v) is 8.58. The second-order valence-electron chi connectivity index (χ2n) is 6.54. The van der Waals surface area contributed by atoms with Gasteiger partial charge in [0.2, 0.25) is 6.29 Å². The molecule has 3 aliphatic rings. The number of methoxy groups -OCH3 is 1. The minimum atomic E-state index is -0.559. The van der Waals surface area contributed by atoms with Gasteiger partial charge in [-0.3, -0.25) is 9.88 Å². The second-order valence-corrected chi connectivity index (χ2v) is 6.54. The molecule has 1 aliphatic carbocycles. The van der Waals surface area contributed by atoms with E-state index in [0.717, 1.165) is 25.0 Å². The van der Waals surface area contributed by atoms with Crippen LogP contribution in [0, 0.1) is 0 Å². The highest BCUT2D eigenvalue weighted by molar-refractivity contribution is 5.90. The summed E-state index contributed by atoms with van der Waals surface area (Å²) in [7, 11) is 1.53. The Balaban J connectivity index is 1.49. The average Bonchev–Trinajstić information content (AvgIpc) is 3.20. The summed E-state index contributed by atoms with van der Waals surface area (Å²) < 4.78 is 21.8. The van der Waals surface area contributed by atoms with Gasteiger partial charge in [-0.1, -0.05) is 6.08 Å². The molecule has 0 N–H and O–H groups in total. The Morgan fingerprint density at radius 2 is 2.12 bits per heavy atom. The van der Waals surface area contributed by atoms with Crippen molar-refractivity contribution in [3.63, 3.8) is 0 Å². The molecule has 2 fully saturated rings. The summed E-state index contributed by atoms with van der Waals surface area (Å²) in [5.41, 5.74) is 2.80. The summed E-state index contributed by atoms with van der Waals surface area (Å²) in [6.07, 6.45) is 5.33. The fourth-order valence-corrected chi connectivity index (χ4v) is 3.65. The number of aromatic nitrogens is 1. The largest absolute Gasteiger partial charge is 0.417 e. The summed E-state index contributed by atoms with van der Waals surface area (Å²) in [5, 5.41) is 0. The van der Waals surface area contributed by atoms with Crippen LogP contribution in [0.2, 0.25) is 0 Å². The van der Waals surface area contributed by atoms with Crippen LogP contribution in [0.1, 0.15) is 31.9 Å². The minimum absolute atomic E-state index is 0.199. The molecular formula is C18H22N2O5. The molecule has 25 heavy (non-hydrogen) atoms. The third kappa shape index (κ3) is 2.92. The molecule has 0 aromatic carbocycles. The molecule has 3 heterocycles. The standard InChI is InChI=1S/C18H22N2O5/c1-12-16(22-2)25-17(21)20(12)14-3-4-15(19-11-14)13-5-7-18(8-6-13)23-9-10-24-18/h3-5,11-12,16H,6-10H2,1-2H3. The fraction of sp³-hybridized carbons (Fsp3) is 0.556. The quantitative estimate of drug-likeness (QED) is 0.838. The lowest BCUT2D eigenvalue weighted by atomic mass is 9.92. The van der Waals surface area contributed by atoms with Gasteiger partial charge in [0.25, 0.3) is 0 Å². The Kier molecular flexibility index (Phi) is 4.23. The maximum Gasteiger partial charge on any atom is 0.417 e. The number of allylic oxidation sites excluding steroid dienone is 1. The number of pyridine rings is 1. The topological polar surface area (TPSA) is 70.1 Å². The van der Waals surface area contributed by atoms with E-state index < -0.39 is 18.2 Å². The van der Waals surface area contributed by atoms with Gasteiger partial charge in [-0.05, 0) is 31.1 Å². The van der Waals surface area contributed by atoms with Crippen LogP contribution in [0.15, 0.2) is 24.4 Å². The van der Waals surface area contributed by atoms with Crippen LogP contribution >= 0.6 is 0 Å². The van der Waals surface area contributed by atoms with Crippen LogP contribution in [-0.4, -0.2) is 49.5 Å². The van der Waals surface area contributed by atoms with E-state index in [-0.39, 0.29) is 6.04 Å². The van der Waals surface area contributed by atoms with E-state index in [9.17, 15) is 4.79 Å². The van der Waals surface area contributed by atoms with Crippen molar-refractivity contribution in [3.05, 3.63) is 30.1 Å². The molecule has 0 radical (unpaired) electrons. The fourth-order valence-electron chi connectivity index (χ4n) is 3.65. The molecule has 2 unspecified atom stereocenters. The molecule has 7 heteroatoms. The van der Waals surface area contributed by atoms with Crippen molar-refractivity contribution >= 4 is 17.4 Å². The van der Waals surface area contributed by atoms with Gasteiger partial charge in [0, 0.05) is 20.0 Å². The summed E-state index contributed by atoms with van der Waals surface area (Å²) in [6.45, 7) is 3.23. The zero-order chi connectivity index (χ0) is 17.4. The maximum absolute atomic E-state index is 12.0. The number of anilines is 1. The molecule has 2 saturated heterocycles. The number of hydrogen-bond donors (Lipinski definition) is 0. The van der Waals surface area contributed by atoms with Crippen molar-refractivity contribution in [3.8, 4) is 0 Å². The van der Waals surface area contributed by atoms with Crippen LogP contribution in [0.4, 0.5) is 10.5 Å². The van der Waals surface area contributed by atoms with Crippen molar-refractivity contribution in [2.24, 2.45) is 0 Å². The average molecular weight is 346 g/mol. The first-order chi connectivity index (χ1) is 12.1. The number of carbonyl (C=O) groups is 1. The lowest BCUT2D eigenvalue weighted by Gasteiger charge is -2.30. The Morgan fingerprint density at radius 1 is 1.32 bits per heavy atom. The molecule has 0 saturated carbocycles. The Morgan fingerprint density at radius 3 is 2.68 bits per heavy atom. The molecule has 0 bridgehead atoms. The normalized spacial score (nSPS) is 28.3.